The molecule has 3 nitrogen and oxygen atoms in total. The van der Waals surface area contributed by atoms with E-state index in [1.165, 1.54) is 19.3 Å². The zero-order valence-corrected chi connectivity index (χ0v) is 12.3. The van der Waals surface area contributed by atoms with Crippen LogP contribution in [0.15, 0.2) is 22.7 Å². The Kier molecular flexibility index (Phi) is 4.27. The molecule has 0 aromatic heterocycles. The van der Waals surface area contributed by atoms with E-state index in [0.29, 0.717) is 0 Å². The Bertz CT molecular complexity index is 441. The largest absolute Gasteiger partial charge is 0.384 e. The number of hydrogen-bond acceptors (Lipinski definition) is 2. The van der Waals surface area contributed by atoms with Crippen molar-refractivity contribution in [1.82, 2.24) is 0 Å². The maximum atomic E-state index is 7.75. The van der Waals surface area contributed by atoms with Crippen LogP contribution in [0.1, 0.15) is 31.7 Å². The van der Waals surface area contributed by atoms with Crippen molar-refractivity contribution in [2.75, 3.05) is 18.0 Å². The summed E-state index contributed by atoms with van der Waals surface area (Å²) in [7, 11) is 0. The second kappa shape index (κ2) is 5.74. The lowest BCUT2D eigenvalue weighted by Gasteiger charge is -2.34. The summed E-state index contributed by atoms with van der Waals surface area (Å²) in [6, 6.07) is 6.01. The van der Waals surface area contributed by atoms with Gasteiger partial charge in [-0.1, -0.05) is 12.5 Å². The number of anilines is 1. The third-order valence-corrected chi connectivity index (χ3v) is 4.35. The second-order valence-electron chi connectivity index (χ2n) is 4.88. The molecule has 2 rings (SSSR count). The van der Waals surface area contributed by atoms with Crippen LogP contribution in [0.25, 0.3) is 0 Å². The molecule has 1 aromatic rings. The van der Waals surface area contributed by atoms with Gasteiger partial charge in [-0.05, 0) is 53.7 Å². The Morgan fingerprint density at radius 3 is 2.72 bits per heavy atom. The number of hydrogen-bond donors (Lipinski definition) is 2. The molecule has 0 bridgehead atoms. The van der Waals surface area contributed by atoms with Crippen LogP contribution in [-0.2, 0) is 0 Å². The highest BCUT2D eigenvalue weighted by molar-refractivity contribution is 9.10. The molecule has 0 spiro atoms. The first-order valence-electron chi connectivity index (χ1n) is 6.51. The second-order valence-corrected chi connectivity index (χ2v) is 5.74. The number of nitrogens with two attached hydrogens (primary N) is 1. The summed E-state index contributed by atoms with van der Waals surface area (Å²) in [5.74, 6) is 0.938. The van der Waals surface area contributed by atoms with Crippen LogP contribution >= 0.6 is 15.9 Å². The monoisotopic (exact) mass is 309 g/mol. The van der Waals surface area contributed by atoms with Crippen molar-refractivity contribution in [3.63, 3.8) is 0 Å². The van der Waals surface area contributed by atoms with E-state index < -0.39 is 0 Å². The number of nitrogen functional groups attached to an aromatic ring is 1. The van der Waals surface area contributed by atoms with Crippen molar-refractivity contribution in [3.05, 3.63) is 28.2 Å². The summed E-state index contributed by atoms with van der Waals surface area (Å²) < 4.78 is 0.902. The third kappa shape index (κ3) is 2.69. The van der Waals surface area contributed by atoms with Gasteiger partial charge in [0.05, 0.1) is 5.56 Å². The molecule has 1 saturated carbocycles. The number of amidine groups is 1. The van der Waals surface area contributed by atoms with Crippen molar-refractivity contribution in [1.29, 1.82) is 5.41 Å². The molecule has 18 heavy (non-hydrogen) atoms. The van der Waals surface area contributed by atoms with E-state index in [2.05, 4.69) is 33.8 Å². The first kappa shape index (κ1) is 13.4. The highest BCUT2D eigenvalue weighted by Crippen LogP contribution is 2.32. The van der Waals surface area contributed by atoms with Crippen molar-refractivity contribution < 1.29 is 0 Å². The van der Waals surface area contributed by atoms with Crippen LogP contribution in [-0.4, -0.2) is 18.9 Å². The van der Waals surface area contributed by atoms with Gasteiger partial charge < -0.3 is 10.6 Å². The van der Waals surface area contributed by atoms with E-state index in [1.54, 1.807) is 0 Å². The lowest BCUT2D eigenvalue weighted by molar-refractivity contribution is 0.318. The quantitative estimate of drug-likeness (QED) is 0.647. The highest BCUT2D eigenvalue weighted by atomic mass is 79.9. The lowest BCUT2D eigenvalue weighted by atomic mass is 9.85. The minimum absolute atomic E-state index is 0.129. The molecular formula is C14H20BrN3. The SMILES string of the molecule is CCN(CC1CCC1)c1cccc(Br)c1C(=N)N. The molecule has 3 N–H and O–H groups in total. The summed E-state index contributed by atoms with van der Waals surface area (Å²) in [6.07, 6.45) is 4.03. The Balaban J connectivity index is 2.28. The molecule has 0 unspecified atom stereocenters. The van der Waals surface area contributed by atoms with Crippen molar-refractivity contribution >= 4 is 27.5 Å². The van der Waals surface area contributed by atoms with Gasteiger partial charge in [-0.3, -0.25) is 5.41 Å². The fourth-order valence-electron chi connectivity index (χ4n) is 2.43. The molecule has 98 valence electrons. The van der Waals surface area contributed by atoms with Crippen LogP contribution in [0.2, 0.25) is 0 Å². The Morgan fingerprint density at radius 2 is 2.22 bits per heavy atom. The van der Waals surface area contributed by atoms with Crippen molar-refractivity contribution in [2.24, 2.45) is 11.7 Å². The predicted octanol–water partition coefficient (Wildman–Crippen LogP) is 3.36. The number of benzene rings is 1. The molecule has 1 aliphatic carbocycles. The molecule has 0 aliphatic heterocycles. The van der Waals surface area contributed by atoms with Gasteiger partial charge in [-0.15, -0.1) is 0 Å². The van der Waals surface area contributed by atoms with Crippen LogP contribution in [0.4, 0.5) is 5.69 Å². The zero-order chi connectivity index (χ0) is 13.1. The van der Waals surface area contributed by atoms with E-state index >= 15 is 0 Å². The van der Waals surface area contributed by atoms with E-state index in [4.69, 9.17) is 11.1 Å². The van der Waals surface area contributed by atoms with Gasteiger partial charge in [0.25, 0.3) is 0 Å². The van der Waals surface area contributed by atoms with Crippen LogP contribution < -0.4 is 10.6 Å². The summed E-state index contributed by atoms with van der Waals surface area (Å²) in [6.45, 7) is 4.18. The number of rotatable bonds is 5. The smallest absolute Gasteiger partial charge is 0.126 e. The average Bonchev–Trinajstić information content (AvgIpc) is 2.27. The van der Waals surface area contributed by atoms with Crippen LogP contribution in [0.3, 0.4) is 0 Å². The number of nitrogens with zero attached hydrogens (tertiary/aromatic N) is 1. The van der Waals surface area contributed by atoms with E-state index in [9.17, 15) is 0 Å². The Hall–Kier alpha value is -1.03. The van der Waals surface area contributed by atoms with E-state index in [-0.39, 0.29) is 5.84 Å². The van der Waals surface area contributed by atoms with Crippen LogP contribution in [0, 0.1) is 11.3 Å². The van der Waals surface area contributed by atoms with Crippen molar-refractivity contribution in [3.8, 4) is 0 Å². The topological polar surface area (TPSA) is 53.1 Å². The first-order chi connectivity index (χ1) is 8.63. The molecule has 0 amide bonds. The average molecular weight is 310 g/mol. The normalized spacial score (nSPS) is 15.2. The van der Waals surface area contributed by atoms with Gasteiger partial charge in [-0.2, -0.15) is 0 Å². The van der Waals surface area contributed by atoms with Crippen LogP contribution in [0.5, 0.6) is 0 Å². The maximum absolute atomic E-state index is 7.75. The molecule has 0 atom stereocenters. The highest BCUT2D eigenvalue weighted by Gasteiger charge is 2.22. The minimum Gasteiger partial charge on any atom is -0.384 e. The van der Waals surface area contributed by atoms with Gasteiger partial charge in [-0.25, -0.2) is 0 Å². The number of halogens is 1. The first-order valence-corrected chi connectivity index (χ1v) is 7.30. The Morgan fingerprint density at radius 1 is 1.50 bits per heavy atom. The standard InChI is InChI=1S/C14H20BrN3/c1-2-18(9-10-5-3-6-10)12-8-4-7-11(15)13(12)14(16)17/h4,7-8,10H,2-3,5-6,9H2,1H3,(H3,16,17). The molecule has 1 fully saturated rings. The molecule has 4 heteroatoms. The molecular weight excluding hydrogens is 290 g/mol. The van der Waals surface area contributed by atoms with Gasteiger partial charge in [0, 0.05) is 23.2 Å². The molecule has 0 heterocycles. The van der Waals surface area contributed by atoms with Gasteiger partial charge >= 0.3 is 0 Å². The molecule has 1 aromatic carbocycles. The van der Waals surface area contributed by atoms with Crippen molar-refractivity contribution in [2.45, 2.75) is 26.2 Å². The summed E-state index contributed by atoms with van der Waals surface area (Å²) in [5.41, 5.74) is 7.61. The molecule has 0 radical (unpaired) electrons. The fraction of sp³-hybridized carbons (Fsp3) is 0.500. The zero-order valence-electron chi connectivity index (χ0n) is 10.7. The van der Waals surface area contributed by atoms with E-state index in [0.717, 1.165) is 34.7 Å². The van der Waals surface area contributed by atoms with Gasteiger partial charge in [0.15, 0.2) is 0 Å². The van der Waals surface area contributed by atoms with E-state index in [1.807, 2.05) is 12.1 Å². The lowest BCUT2D eigenvalue weighted by Crippen LogP contribution is -2.34. The van der Waals surface area contributed by atoms with Gasteiger partial charge in [0.1, 0.15) is 5.84 Å². The summed E-state index contributed by atoms with van der Waals surface area (Å²) in [5, 5.41) is 7.75. The third-order valence-electron chi connectivity index (χ3n) is 3.69. The minimum atomic E-state index is 0.129. The molecule has 1 aliphatic rings. The molecule has 0 saturated heterocycles. The Labute approximate surface area is 117 Å². The summed E-state index contributed by atoms with van der Waals surface area (Å²) in [4.78, 5) is 2.34. The number of nitrogens with one attached hydrogen (secondary N) is 1. The van der Waals surface area contributed by atoms with Gasteiger partial charge in [0.2, 0.25) is 0 Å². The fourth-order valence-corrected chi connectivity index (χ4v) is 3.00. The summed E-state index contributed by atoms with van der Waals surface area (Å²) >= 11 is 3.49. The predicted molar refractivity (Wildman–Crippen MR) is 80.4 cm³/mol. The maximum Gasteiger partial charge on any atom is 0.126 e.